The van der Waals surface area contributed by atoms with Gasteiger partial charge in [0.1, 0.15) is 5.41 Å². The number of hydrogen-bond acceptors (Lipinski definition) is 7. The van der Waals surface area contributed by atoms with Crippen molar-refractivity contribution in [2.75, 3.05) is 13.7 Å². The van der Waals surface area contributed by atoms with Gasteiger partial charge in [0.2, 0.25) is 5.91 Å². The average molecular weight is 770 g/mol. The number of amides is 2. The van der Waals surface area contributed by atoms with Crippen molar-refractivity contribution in [3.05, 3.63) is 164 Å². The van der Waals surface area contributed by atoms with E-state index in [-0.39, 0.29) is 30.6 Å². The fourth-order valence-corrected chi connectivity index (χ4v) is 6.53. The lowest BCUT2D eigenvalue weighted by Gasteiger charge is -2.22. The molecule has 0 spiro atoms. The Hall–Kier alpha value is -6.52. The third-order valence-electron chi connectivity index (χ3n) is 8.88. The molecule has 0 bridgehead atoms. The minimum Gasteiger partial charge on any atom is -0.463 e. The number of halogens is 2. The number of Topliss-reactive ketones (excluding diaryl/α,β-unsaturated/α-hetero) is 1. The highest BCUT2D eigenvalue weighted by Crippen LogP contribution is 2.53. The van der Waals surface area contributed by atoms with Gasteiger partial charge in [-0.05, 0) is 66.4 Å². The number of allylic oxidation sites excluding steroid dienone is 2. The standard InChI is InChI=1S/C22H15ClN2O2.C13H12ClNO3.C9H7N/c1-22(12-24)18(13-6-4-3-5-7-13)16-17(20(22)26)19(25(2)21(16)27)14-8-10-15(23)11-9-14;1-2-18-13(17)10-7-11(16)15-12(10)8-3-5-9(14)6-4-8;10-8-4-7-9-5-2-1-3-6-9/h3-11H,1-2H3;3-6H,2,7H2,1H3,(H,15,16);1-7H/b;;7-4+. The number of nitrogens with one attached hydrogen (secondary N) is 1. The number of nitriles is 2. The molecule has 0 saturated carbocycles. The maximum atomic E-state index is 13.3. The molecule has 0 aromatic heterocycles. The fourth-order valence-electron chi connectivity index (χ4n) is 6.28. The van der Waals surface area contributed by atoms with E-state index in [2.05, 4.69) is 11.4 Å². The second-order valence-electron chi connectivity index (χ2n) is 12.5. The number of carbonyl (C=O) groups is 4. The molecule has 9 nitrogen and oxygen atoms in total. The molecule has 1 N–H and O–H groups in total. The summed E-state index contributed by atoms with van der Waals surface area (Å²) < 4.78 is 4.93. The first kappa shape index (κ1) is 39.7. The van der Waals surface area contributed by atoms with E-state index in [4.69, 9.17) is 33.2 Å². The molecule has 3 aliphatic rings. The quantitative estimate of drug-likeness (QED) is 0.153. The topological polar surface area (TPSA) is 140 Å². The SMILES string of the molecule is CCOC(=O)C1=C(c2ccc(Cl)cc2)NC(=O)C1.CN1C(=O)C2=C(c3ccccc3)C(C)(C#N)C(=O)C2=C1c1ccc(Cl)cc1.N#C/C=C/c1ccccc1. The lowest BCUT2D eigenvalue weighted by Crippen LogP contribution is -2.26. The van der Waals surface area contributed by atoms with Gasteiger partial charge in [-0.25, -0.2) is 4.79 Å². The number of hydrogen-bond donors (Lipinski definition) is 1. The summed E-state index contributed by atoms with van der Waals surface area (Å²) in [5.74, 6) is -1.29. The minimum atomic E-state index is -1.40. The molecular weight excluding hydrogens is 735 g/mol. The summed E-state index contributed by atoms with van der Waals surface area (Å²) in [6, 6.07) is 36.9. The van der Waals surface area contributed by atoms with Crippen molar-refractivity contribution in [2.45, 2.75) is 20.3 Å². The van der Waals surface area contributed by atoms with Gasteiger partial charge in [-0.1, -0.05) is 108 Å². The number of nitrogens with zero attached hydrogens (tertiary/aromatic N) is 3. The van der Waals surface area contributed by atoms with Crippen LogP contribution in [0.1, 0.15) is 42.5 Å². The van der Waals surface area contributed by atoms with Gasteiger partial charge in [-0.3, -0.25) is 14.4 Å². The summed E-state index contributed by atoms with van der Waals surface area (Å²) in [5.41, 5.74) is 4.32. The largest absolute Gasteiger partial charge is 0.463 e. The molecule has 2 aliphatic heterocycles. The van der Waals surface area contributed by atoms with E-state index in [1.54, 1.807) is 75.5 Å². The van der Waals surface area contributed by atoms with Crippen molar-refractivity contribution in [2.24, 2.45) is 5.41 Å². The Balaban J connectivity index is 0.000000178. The first-order chi connectivity index (χ1) is 26.4. The lowest BCUT2D eigenvalue weighted by molar-refractivity contribution is -0.139. The Bertz CT molecular complexity index is 2350. The number of fused-ring (bicyclic) bond motifs is 1. The number of rotatable bonds is 6. The van der Waals surface area contributed by atoms with E-state index in [0.717, 1.165) is 11.1 Å². The van der Waals surface area contributed by atoms with Crippen LogP contribution in [0.15, 0.2) is 132 Å². The number of benzene rings is 4. The van der Waals surface area contributed by atoms with Crippen LogP contribution < -0.4 is 5.32 Å². The second-order valence-corrected chi connectivity index (χ2v) is 13.3. The van der Waals surface area contributed by atoms with Crippen LogP contribution in [0, 0.1) is 28.1 Å². The monoisotopic (exact) mass is 768 g/mol. The van der Waals surface area contributed by atoms with Gasteiger partial charge in [0.15, 0.2) is 5.78 Å². The molecule has 0 saturated heterocycles. The Morgan fingerprint density at radius 3 is 1.95 bits per heavy atom. The van der Waals surface area contributed by atoms with Crippen molar-refractivity contribution >= 4 is 69.8 Å². The maximum absolute atomic E-state index is 13.3. The van der Waals surface area contributed by atoms with Crippen molar-refractivity contribution in [3.8, 4) is 12.1 Å². The summed E-state index contributed by atoms with van der Waals surface area (Å²) in [6.45, 7) is 3.60. The summed E-state index contributed by atoms with van der Waals surface area (Å²) in [6.07, 6.45) is 3.30. The van der Waals surface area contributed by atoms with Crippen LogP contribution in [0.2, 0.25) is 10.0 Å². The maximum Gasteiger partial charge on any atom is 0.336 e. The molecule has 274 valence electrons. The predicted octanol–water partition coefficient (Wildman–Crippen LogP) is 8.45. The Labute approximate surface area is 329 Å². The highest BCUT2D eigenvalue weighted by Gasteiger charge is 2.55. The van der Waals surface area contributed by atoms with Crippen molar-refractivity contribution in [1.82, 2.24) is 10.2 Å². The van der Waals surface area contributed by atoms with Crippen LogP contribution in [-0.4, -0.2) is 42.1 Å². The zero-order valence-electron chi connectivity index (χ0n) is 30.1. The summed E-state index contributed by atoms with van der Waals surface area (Å²) in [5, 5.41) is 21.9. The molecule has 11 heteroatoms. The molecule has 55 heavy (non-hydrogen) atoms. The van der Waals surface area contributed by atoms with Crippen molar-refractivity contribution in [1.29, 1.82) is 10.5 Å². The first-order valence-corrected chi connectivity index (χ1v) is 17.8. The van der Waals surface area contributed by atoms with E-state index in [1.807, 2.05) is 66.7 Å². The van der Waals surface area contributed by atoms with Gasteiger partial charge in [-0.2, -0.15) is 10.5 Å². The predicted molar refractivity (Wildman–Crippen MR) is 212 cm³/mol. The summed E-state index contributed by atoms with van der Waals surface area (Å²) in [4.78, 5) is 51.1. The molecule has 0 fully saturated rings. The van der Waals surface area contributed by atoms with Crippen LogP contribution in [0.25, 0.3) is 23.0 Å². The zero-order valence-corrected chi connectivity index (χ0v) is 31.6. The van der Waals surface area contributed by atoms with Crippen LogP contribution in [-0.2, 0) is 23.9 Å². The molecule has 7 rings (SSSR count). The van der Waals surface area contributed by atoms with Crippen LogP contribution in [0.3, 0.4) is 0 Å². The highest BCUT2D eigenvalue weighted by molar-refractivity contribution is 6.35. The highest BCUT2D eigenvalue weighted by atomic mass is 35.5. The number of ketones is 1. The summed E-state index contributed by atoms with van der Waals surface area (Å²) in [7, 11) is 1.64. The van der Waals surface area contributed by atoms with Gasteiger partial charge in [0, 0.05) is 28.7 Å². The Kier molecular flexibility index (Phi) is 12.7. The third-order valence-corrected chi connectivity index (χ3v) is 9.39. The molecule has 2 heterocycles. The molecule has 4 aromatic carbocycles. The van der Waals surface area contributed by atoms with E-state index in [9.17, 15) is 24.4 Å². The molecule has 1 unspecified atom stereocenters. The average Bonchev–Trinajstić information content (AvgIpc) is 3.79. The number of carbonyl (C=O) groups excluding carboxylic acids is 4. The lowest BCUT2D eigenvalue weighted by atomic mass is 9.79. The van der Waals surface area contributed by atoms with Gasteiger partial charge >= 0.3 is 5.97 Å². The van der Waals surface area contributed by atoms with Gasteiger partial charge < -0.3 is 15.0 Å². The molecule has 2 amide bonds. The van der Waals surface area contributed by atoms with Gasteiger partial charge in [0.05, 0.1) is 53.3 Å². The van der Waals surface area contributed by atoms with E-state index in [0.29, 0.717) is 54.9 Å². The molecule has 4 aromatic rings. The van der Waals surface area contributed by atoms with Crippen LogP contribution in [0.4, 0.5) is 0 Å². The molecular formula is C44H34Cl2N4O5. The van der Waals surface area contributed by atoms with E-state index < -0.39 is 11.4 Å². The van der Waals surface area contributed by atoms with Crippen LogP contribution in [0.5, 0.6) is 0 Å². The third kappa shape index (κ3) is 8.50. The van der Waals surface area contributed by atoms with Crippen LogP contribution >= 0.6 is 23.2 Å². The summed E-state index contributed by atoms with van der Waals surface area (Å²) >= 11 is 11.8. The van der Waals surface area contributed by atoms with Gasteiger partial charge in [-0.15, -0.1) is 0 Å². The smallest absolute Gasteiger partial charge is 0.336 e. The number of ether oxygens (including phenoxy) is 1. The zero-order chi connectivity index (χ0) is 39.7. The van der Waals surface area contributed by atoms with E-state index in [1.165, 1.54) is 11.0 Å². The van der Waals surface area contributed by atoms with Crippen molar-refractivity contribution in [3.63, 3.8) is 0 Å². The fraction of sp³-hybridized carbons (Fsp3) is 0.136. The van der Waals surface area contributed by atoms with E-state index >= 15 is 0 Å². The Morgan fingerprint density at radius 2 is 1.40 bits per heavy atom. The molecule has 1 aliphatic carbocycles. The Morgan fingerprint density at radius 1 is 0.836 bits per heavy atom. The normalized spacial score (nSPS) is 17.2. The minimum absolute atomic E-state index is 0.0524. The first-order valence-electron chi connectivity index (χ1n) is 17.1. The number of likely N-dealkylation sites (N-methyl/N-ethyl adjacent to an activating group) is 1. The van der Waals surface area contributed by atoms with Gasteiger partial charge in [0.25, 0.3) is 5.91 Å². The second kappa shape index (κ2) is 17.5. The molecule has 0 radical (unpaired) electrons. The molecule has 1 atom stereocenters. The van der Waals surface area contributed by atoms with Crippen molar-refractivity contribution < 1.29 is 23.9 Å². The number of esters is 1.